The molecule has 6 N–H and O–H groups in total. The Hall–Kier alpha value is -3.43. The van der Waals surface area contributed by atoms with Gasteiger partial charge in [-0.1, -0.05) is 42.5 Å². The van der Waals surface area contributed by atoms with Gasteiger partial charge in [0, 0.05) is 12.1 Å². The van der Waals surface area contributed by atoms with Gasteiger partial charge in [0.15, 0.2) is 0 Å². The van der Waals surface area contributed by atoms with Gasteiger partial charge in [0.25, 0.3) is 0 Å². The number of hydrogen-bond donors (Lipinski definition) is 5. The van der Waals surface area contributed by atoms with Crippen LogP contribution in [0.25, 0.3) is 0 Å². The Bertz CT molecular complexity index is 1000. The fourth-order valence-electron chi connectivity index (χ4n) is 3.80. The Balaban J connectivity index is 0.00000408. The van der Waals surface area contributed by atoms with Gasteiger partial charge in [-0.25, -0.2) is 4.79 Å². The van der Waals surface area contributed by atoms with Crippen molar-refractivity contribution in [1.29, 1.82) is 5.41 Å². The maximum Gasteiger partial charge on any atom is 0.411 e. The smallest absolute Gasteiger partial charge is 0.391 e. The summed E-state index contributed by atoms with van der Waals surface area (Å²) in [6, 6.07) is 15.7. The Labute approximate surface area is 204 Å². The van der Waals surface area contributed by atoms with Crippen LogP contribution in [-0.2, 0) is 20.9 Å². The third kappa shape index (κ3) is 7.57. The molecule has 2 aromatic rings. The maximum atomic E-state index is 12.7. The lowest BCUT2D eigenvalue weighted by molar-refractivity contribution is -0.130. The van der Waals surface area contributed by atoms with Gasteiger partial charge >= 0.3 is 6.09 Å². The largest absolute Gasteiger partial charge is 0.411 e. The lowest BCUT2D eigenvalue weighted by Gasteiger charge is -2.30. The van der Waals surface area contributed by atoms with Crippen LogP contribution in [0.3, 0.4) is 0 Å². The first-order valence-corrected chi connectivity index (χ1v) is 10.8. The van der Waals surface area contributed by atoms with E-state index in [1.165, 1.54) is 5.56 Å². The summed E-state index contributed by atoms with van der Waals surface area (Å²) in [6.45, 7) is 2.65. The summed E-state index contributed by atoms with van der Waals surface area (Å²) < 4.78 is 4.53. The van der Waals surface area contributed by atoms with E-state index < -0.39 is 12.1 Å². The first-order chi connectivity index (χ1) is 15.8. The van der Waals surface area contributed by atoms with E-state index in [9.17, 15) is 14.4 Å². The van der Waals surface area contributed by atoms with Crippen LogP contribution in [0.5, 0.6) is 0 Å². The van der Waals surface area contributed by atoms with Crippen LogP contribution in [0, 0.1) is 5.41 Å². The van der Waals surface area contributed by atoms with Crippen LogP contribution in [-0.4, -0.2) is 42.4 Å². The third-order valence-corrected chi connectivity index (χ3v) is 5.63. The van der Waals surface area contributed by atoms with Crippen molar-refractivity contribution < 1.29 is 19.1 Å². The fourth-order valence-corrected chi connectivity index (χ4v) is 3.80. The number of nitrogens with one attached hydrogen (secondary N) is 4. The van der Waals surface area contributed by atoms with Gasteiger partial charge in [0.2, 0.25) is 17.7 Å². The summed E-state index contributed by atoms with van der Waals surface area (Å²) in [4.78, 5) is 35.9. The fraction of sp³-hybridized carbons (Fsp3) is 0.333. The second kappa shape index (κ2) is 12.7. The number of primary amides is 1. The zero-order chi connectivity index (χ0) is 23.8. The highest BCUT2D eigenvalue weighted by Gasteiger charge is 2.29. The minimum absolute atomic E-state index is 0. The van der Waals surface area contributed by atoms with E-state index >= 15 is 0 Å². The van der Waals surface area contributed by atoms with E-state index in [-0.39, 0.29) is 42.7 Å². The molecule has 0 radical (unpaired) electrons. The molecule has 0 spiro atoms. The van der Waals surface area contributed by atoms with Crippen LogP contribution < -0.4 is 21.7 Å². The molecule has 182 valence electrons. The Morgan fingerprint density at radius 2 is 1.82 bits per heavy atom. The molecule has 0 aliphatic carbocycles. The van der Waals surface area contributed by atoms with E-state index in [0.29, 0.717) is 17.9 Å². The molecule has 1 aliphatic heterocycles. The van der Waals surface area contributed by atoms with Gasteiger partial charge in [-0.15, -0.1) is 12.4 Å². The van der Waals surface area contributed by atoms with Crippen molar-refractivity contribution in [1.82, 2.24) is 16.0 Å². The SMILES string of the molecule is CC(NC(=O)[C@H]1C[C@@H](c2ccccc2)CCN1)C(=O)NCc1ccc(C(=N)OC(N)=O)cc1.Cl. The molecule has 2 aromatic carbocycles. The predicted molar refractivity (Wildman–Crippen MR) is 131 cm³/mol. The van der Waals surface area contributed by atoms with Crippen molar-refractivity contribution in [2.75, 3.05) is 6.54 Å². The molecule has 1 unspecified atom stereocenters. The molecule has 1 aliphatic rings. The van der Waals surface area contributed by atoms with Crippen molar-refractivity contribution in [2.45, 2.75) is 44.3 Å². The molecule has 1 saturated heterocycles. The summed E-state index contributed by atoms with van der Waals surface area (Å²) >= 11 is 0. The molecular weight excluding hydrogens is 458 g/mol. The Morgan fingerprint density at radius 3 is 2.47 bits per heavy atom. The van der Waals surface area contributed by atoms with E-state index in [1.807, 2.05) is 18.2 Å². The monoisotopic (exact) mass is 487 g/mol. The summed E-state index contributed by atoms with van der Waals surface area (Å²) in [5.74, 6) is -0.520. The van der Waals surface area contributed by atoms with Gasteiger partial charge in [0.05, 0.1) is 6.04 Å². The number of carbonyl (C=O) groups excluding carboxylic acids is 3. The van der Waals surface area contributed by atoms with Gasteiger partial charge in [-0.3, -0.25) is 15.0 Å². The van der Waals surface area contributed by atoms with Crippen LogP contribution in [0.2, 0.25) is 0 Å². The predicted octanol–water partition coefficient (Wildman–Crippen LogP) is 2.19. The lowest BCUT2D eigenvalue weighted by Crippen LogP contribution is -2.53. The van der Waals surface area contributed by atoms with Gasteiger partial charge in [-0.05, 0) is 55.5 Å². The first-order valence-electron chi connectivity index (χ1n) is 10.8. The zero-order valence-corrected chi connectivity index (χ0v) is 19.7. The van der Waals surface area contributed by atoms with Crippen molar-refractivity contribution in [3.05, 3.63) is 71.3 Å². The Kier molecular flexibility index (Phi) is 10.0. The lowest BCUT2D eigenvalue weighted by atomic mass is 9.86. The van der Waals surface area contributed by atoms with E-state index in [2.05, 4.69) is 32.8 Å². The topological polar surface area (TPSA) is 146 Å². The first kappa shape index (κ1) is 26.8. The second-order valence-electron chi connectivity index (χ2n) is 8.03. The van der Waals surface area contributed by atoms with Crippen molar-refractivity contribution in [3.8, 4) is 0 Å². The number of ether oxygens (including phenoxy) is 1. The zero-order valence-electron chi connectivity index (χ0n) is 18.9. The average molecular weight is 488 g/mol. The van der Waals surface area contributed by atoms with Crippen molar-refractivity contribution in [2.24, 2.45) is 5.73 Å². The Morgan fingerprint density at radius 1 is 1.15 bits per heavy atom. The second-order valence-corrected chi connectivity index (χ2v) is 8.03. The molecule has 10 heteroatoms. The molecular formula is C24H30ClN5O4. The molecule has 34 heavy (non-hydrogen) atoms. The molecule has 9 nitrogen and oxygen atoms in total. The van der Waals surface area contributed by atoms with Gasteiger partial charge in [0.1, 0.15) is 6.04 Å². The molecule has 0 saturated carbocycles. The molecule has 3 atom stereocenters. The molecule has 3 rings (SSSR count). The van der Waals surface area contributed by atoms with Crippen LogP contribution >= 0.6 is 12.4 Å². The molecule has 1 fully saturated rings. The number of carbonyl (C=O) groups is 3. The number of halogens is 1. The quantitative estimate of drug-likeness (QED) is 0.300. The highest BCUT2D eigenvalue weighted by Crippen LogP contribution is 2.27. The highest BCUT2D eigenvalue weighted by atomic mass is 35.5. The minimum Gasteiger partial charge on any atom is -0.391 e. The molecule has 3 amide bonds. The summed E-state index contributed by atoms with van der Waals surface area (Å²) in [5, 5.41) is 16.5. The van der Waals surface area contributed by atoms with E-state index in [4.69, 9.17) is 11.1 Å². The van der Waals surface area contributed by atoms with E-state index in [1.54, 1.807) is 31.2 Å². The van der Waals surface area contributed by atoms with Crippen molar-refractivity contribution >= 4 is 36.2 Å². The standard InChI is InChI=1S/C24H29N5O4.ClH/c1-15(22(30)28-14-16-7-9-18(10-8-16)21(25)33-24(26)32)29-23(31)20-13-19(11-12-27-20)17-5-3-2-4-6-17;/h2-10,15,19-20,25,27H,11-14H2,1H3,(H2,26,32)(H,28,30)(H,29,31);1H/t15?,19-,20+;/m0./s1. The summed E-state index contributed by atoms with van der Waals surface area (Å²) in [7, 11) is 0. The van der Waals surface area contributed by atoms with Gasteiger partial charge < -0.3 is 26.4 Å². The van der Waals surface area contributed by atoms with Crippen LogP contribution in [0.15, 0.2) is 54.6 Å². The third-order valence-electron chi connectivity index (χ3n) is 5.63. The number of nitrogens with two attached hydrogens (primary N) is 1. The average Bonchev–Trinajstić information content (AvgIpc) is 2.83. The van der Waals surface area contributed by atoms with Crippen molar-refractivity contribution in [3.63, 3.8) is 0 Å². The molecule has 0 bridgehead atoms. The number of benzene rings is 2. The number of amides is 3. The van der Waals surface area contributed by atoms with E-state index in [0.717, 1.165) is 18.5 Å². The van der Waals surface area contributed by atoms with Crippen LogP contribution in [0.4, 0.5) is 4.79 Å². The summed E-state index contributed by atoms with van der Waals surface area (Å²) in [5.41, 5.74) is 7.31. The molecule has 1 heterocycles. The number of rotatable bonds is 7. The minimum atomic E-state index is -1.05. The molecule has 0 aromatic heterocycles. The normalized spacial score (nSPS) is 18.0. The van der Waals surface area contributed by atoms with Crippen LogP contribution in [0.1, 0.15) is 42.4 Å². The van der Waals surface area contributed by atoms with Gasteiger partial charge in [-0.2, -0.15) is 0 Å². The maximum absolute atomic E-state index is 12.7. The summed E-state index contributed by atoms with van der Waals surface area (Å²) in [6.07, 6.45) is 0.605. The number of piperidine rings is 1. The highest BCUT2D eigenvalue weighted by molar-refractivity contribution is 5.97. The number of hydrogen-bond acceptors (Lipinski definition) is 6.